The third-order valence-corrected chi connectivity index (χ3v) is 3.88. The maximum atomic E-state index is 12.4. The molecule has 2 nitrogen and oxygen atoms in total. The molecule has 20 heavy (non-hydrogen) atoms. The van der Waals surface area contributed by atoms with Gasteiger partial charge in [-0.3, -0.25) is 9.69 Å². The third kappa shape index (κ3) is 2.81. The van der Waals surface area contributed by atoms with Gasteiger partial charge in [0.15, 0.2) is 5.78 Å². The van der Waals surface area contributed by atoms with Gasteiger partial charge in [-0.1, -0.05) is 60.7 Å². The quantitative estimate of drug-likeness (QED) is 0.845. The number of likely N-dealkylation sites (tertiary alicyclic amines) is 1. The van der Waals surface area contributed by atoms with Gasteiger partial charge in [-0.05, 0) is 24.1 Å². The molecule has 1 heterocycles. The second-order valence-electron chi connectivity index (χ2n) is 5.34. The van der Waals surface area contributed by atoms with Crippen LogP contribution in [0, 0.1) is 0 Å². The summed E-state index contributed by atoms with van der Waals surface area (Å²) in [5.41, 5.74) is 2.39. The Morgan fingerprint density at radius 2 is 1.60 bits per heavy atom. The molecule has 0 amide bonds. The Bertz CT molecular complexity index is 564. The molecule has 0 saturated carbocycles. The standard InChI is InChI=1S/C18H19NO/c20-17-12-7-13-19(14-15-8-3-1-4-9-15)18(17)16-10-5-2-6-11-16/h1-6,8-11,18H,7,12-14H2/t18-/m1/s1. The largest absolute Gasteiger partial charge is 0.298 e. The molecule has 0 N–H and O–H groups in total. The highest BCUT2D eigenvalue weighted by Gasteiger charge is 2.30. The van der Waals surface area contributed by atoms with Crippen LogP contribution >= 0.6 is 0 Å². The lowest BCUT2D eigenvalue weighted by Gasteiger charge is -2.34. The lowest BCUT2D eigenvalue weighted by molar-refractivity contribution is -0.127. The van der Waals surface area contributed by atoms with Crippen molar-refractivity contribution in [2.45, 2.75) is 25.4 Å². The van der Waals surface area contributed by atoms with Gasteiger partial charge in [0, 0.05) is 13.0 Å². The molecule has 1 saturated heterocycles. The lowest BCUT2D eigenvalue weighted by Crippen LogP contribution is -2.38. The molecule has 2 aromatic carbocycles. The first kappa shape index (κ1) is 13.1. The Labute approximate surface area is 120 Å². The molecule has 1 fully saturated rings. The van der Waals surface area contributed by atoms with E-state index in [1.165, 1.54) is 5.56 Å². The van der Waals surface area contributed by atoms with Crippen LogP contribution in [0.15, 0.2) is 60.7 Å². The monoisotopic (exact) mass is 265 g/mol. The van der Waals surface area contributed by atoms with E-state index >= 15 is 0 Å². The normalized spacial score (nSPS) is 20.0. The Morgan fingerprint density at radius 1 is 0.950 bits per heavy atom. The molecule has 2 heteroatoms. The smallest absolute Gasteiger partial charge is 0.154 e. The van der Waals surface area contributed by atoms with Crippen LogP contribution in [-0.4, -0.2) is 17.2 Å². The minimum atomic E-state index is -0.0786. The van der Waals surface area contributed by atoms with Crippen LogP contribution < -0.4 is 0 Å². The Hall–Kier alpha value is -1.93. The highest BCUT2D eigenvalue weighted by Crippen LogP contribution is 2.29. The van der Waals surface area contributed by atoms with E-state index in [2.05, 4.69) is 41.3 Å². The topological polar surface area (TPSA) is 20.3 Å². The molecule has 1 aliphatic rings. The van der Waals surface area contributed by atoms with Gasteiger partial charge in [-0.2, -0.15) is 0 Å². The van der Waals surface area contributed by atoms with Crippen LogP contribution in [0.4, 0.5) is 0 Å². The summed E-state index contributed by atoms with van der Waals surface area (Å²) in [6.45, 7) is 1.83. The van der Waals surface area contributed by atoms with Gasteiger partial charge in [-0.25, -0.2) is 0 Å². The summed E-state index contributed by atoms with van der Waals surface area (Å²) in [5, 5.41) is 0. The molecule has 0 radical (unpaired) electrons. The van der Waals surface area contributed by atoms with Crippen molar-refractivity contribution in [3.05, 3.63) is 71.8 Å². The number of carbonyl (C=O) groups excluding carboxylic acids is 1. The minimum Gasteiger partial charge on any atom is -0.298 e. The first-order valence-electron chi connectivity index (χ1n) is 7.20. The zero-order chi connectivity index (χ0) is 13.8. The highest BCUT2D eigenvalue weighted by atomic mass is 16.1. The van der Waals surface area contributed by atoms with Gasteiger partial charge in [0.1, 0.15) is 0 Å². The summed E-state index contributed by atoms with van der Waals surface area (Å²) in [7, 11) is 0. The van der Waals surface area contributed by atoms with Crippen molar-refractivity contribution >= 4 is 5.78 Å². The van der Waals surface area contributed by atoms with E-state index in [0.29, 0.717) is 12.2 Å². The minimum absolute atomic E-state index is 0.0786. The fourth-order valence-corrected chi connectivity index (χ4v) is 2.95. The van der Waals surface area contributed by atoms with Gasteiger partial charge < -0.3 is 0 Å². The van der Waals surface area contributed by atoms with Gasteiger partial charge >= 0.3 is 0 Å². The average Bonchev–Trinajstić information content (AvgIpc) is 2.49. The van der Waals surface area contributed by atoms with E-state index in [1.807, 2.05) is 24.3 Å². The van der Waals surface area contributed by atoms with Crippen molar-refractivity contribution < 1.29 is 4.79 Å². The van der Waals surface area contributed by atoms with Crippen molar-refractivity contribution in [1.29, 1.82) is 0 Å². The van der Waals surface area contributed by atoms with Gasteiger partial charge in [0.2, 0.25) is 0 Å². The molecule has 1 atom stereocenters. The maximum Gasteiger partial charge on any atom is 0.154 e. The molecule has 3 rings (SSSR count). The molecule has 0 spiro atoms. The van der Waals surface area contributed by atoms with E-state index in [-0.39, 0.29) is 6.04 Å². The van der Waals surface area contributed by atoms with Gasteiger partial charge in [0.25, 0.3) is 0 Å². The van der Waals surface area contributed by atoms with Gasteiger partial charge in [-0.15, -0.1) is 0 Å². The number of hydrogen-bond donors (Lipinski definition) is 0. The van der Waals surface area contributed by atoms with E-state index in [0.717, 1.165) is 25.1 Å². The highest BCUT2D eigenvalue weighted by molar-refractivity contribution is 5.86. The molecule has 1 aliphatic heterocycles. The van der Waals surface area contributed by atoms with Crippen molar-refractivity contribution in [1.82, 2.24) is 4.90 Å². The number of ketones is 1. The average molecular weight is 265 g/mol. The molecule has 0 aromatic heterocycles. The predicted molar refractivity (Wildman–Crippen MR) is 80.3 cm³/mol. The maximum absolute atomic E-state index is 12.4. The SMILES string of the molecule is O=C1CCCN(Cc2ccccc2)[C@@H]1c1ccccc1. The summed E-state index contributed by atoms with van der Waals surface area (Å²) in [6, 6.07) is 20.5. The summed E-state index contributed by atoms with van der Waals surface area (Å²) in [5.74, 6) is 0.346. The van der Waals surface area contributed by atoms with Gasteiger partial charge in [0.05, 0.1) is 6.04 Å². The Morgan fingerprint density at radius 3 is 2.30 bits per heavy atom. The van der Waals surface area contributed by atoms with Crippen LogP contribution in [0.3, 0.4) is 0 Å². The van der Waals surface area contributed by atoms with Crippen molar-refractivity contribution in [3.8, 4) is 0 Å². The number of rotatable bonds is 3. The molecular formula is C18H19NO. The van der Waals surface area contributed by atoms with Crippen LogP contribution in [0.1, 0.15) is 30.0 Å². The van der Waals surface area contributed by atoms with Crippen LogP contribution in [0.2, 0.25) is 0 Å². The zero-order valence-electron chi connectivity index (χ0n) is 11.5. The second kappa shape index (κ2) is 6.02. The number of Topliss-reactive ketones (excluding diaryl/α,β-unsaturated/α-hetero) is 1. The fraction of sp³-hybridized carbons (Fsp3) is 0.278. The number of hydrogen-bond acceptors (Lipinski definition) is 2. The molecule has 0 aliphatic carbocycles. The van der Waals surface area contributed by atoms with Crippen molar-refractivity contribution in [2.24, 2.45) is 0 Å². The summed E-state index contributed by atoms with van der Waals surface area (Å²) >= 11 is 0. The Balaban J connectivity index is 1.85. The Kier molecular flexibility index (Phi) is 3.93. The van der Waals surface area contributed by atoms with Crippen LogP contribution in [0.5, 0.6) is 0 Å². The van der Waals surface area contributed by atoms with E-state index in [9.17, 15) is 4.79 Å². The number of carbonyl (C=O) groups is 1. The van der Waals surface area contributed by atoms with Crippen molar-refractivity contribution in [3.63, 3.8) is 0 Å². The fourth-order valence-electron chi connectivity index (χ4n) is 2.95. The first-order valence-corrected chi connectivity index (χ1v) is 7.20. The summed E-state index contributed by atoms with van der Waals surface area (Å²) in [6.07, 6.45) is 1.67. The predicted octanol–water partition coefficient (Wildman–Crippen LogP) is 3.59. The third-order valence-electron chi connectivity index (χ3n) is 3.88. The second-order valence-corrected chi connectivity index (χ2v) is 5.34. The van der Waals surface area contributed by atoms with Crippen LogP contribution in [-0.2, 0) is 11.3 Å². The zero-order valence-corrected chi connectivity index (χ0v) is 11.5. The number of nitrogens with zero attached hydrogens (tertiary/aromatic N) is 1. The van der Waals surface area contributed by atoms with Crippen molar-refractivity contribution in [2.75, 3.05) is 6.54 Å². The van der Waals surface area contributed by atoms with E-state index in [4.69, 9.17) is 0 Å². The molecule has 102 valence electrons. The molecular weight excluding hydrogens is 246 g/mol. The first-order chi connectivity index (χ1) is 9.84. The van der Waals surface area contributed by atoms with Crippen LogP contribution in [0.25, 0.3) is 0 Å². The summed E-state index contributed by atoms with van der Waals surface area (Å²) in [4.78, 5) is 14.7. The number of piperidine rings is 1. The van der Waals surface area contributed by atoms with E-state index in [1.54, 1.807) is 0 Å². The number of benzene rings is 2. The molecule has 0 bridgehead atoms. The lowest BCUT2D eigenvalue weighted by atomic mass is 9.93. The van der Waals surface area contributed by atoms with E-state index < -0.39 is 0 Å². The molecule has 2 aromatic rings. The summed E-state index contributed by atoms with van der Waals surface area (Å²) < 4.78 is 0. The molecule has 0 unspecified atom stereocenters.